The Hall–Kier alpha value is -0.550. The number of nitrogens with one attached hydrogen (secondary N) is 1. The predicted octanol–water partition coefficient (Wildman–Crippen LogP) is 3.03. The molecule has 0 saturated heterocycles. The third kappa shape index (κ3) is 6.40. The van der Waals surface area contributed by atoms with E-state index in [0.29, 0.717) is 11.3 Å². The fourth-order valence-corrected chi connectivity index (χ4v) is 2.12. The van der Waals surface area contributed by atoms with Gasteiger partial charge in [0, 0.05) is 12.5 Å². The van der Waals surface area contributed by atoms with E-state index >= 15 is 0 Å². The van der Waals surface area contributed by atoms with Gasteiger partial charge < -0.3 is 9.84 Å². The summed E-state index contributed by atoms with van der Waals surface area (Å²) in [7, 11) is 0. The van der Waals surface area contributed by atoms with Crippen LogP contribution in [0, 0.1) is 0 Å². The molecule has 1 aromatic heterocycles. The molecule has 18 heavy (non-hydrogen) atoms. The van der Waals surface area contributed by atoms with Gasteiger partial charge in [0.15, 0.2) is 5.82 Å². The Bertz CT molecular complexity index is 328. The molecule has 0 aliphatic carbocycles. The summed E-state index contributed by atoms with van der Waals surface area (Å²) in [5.74, 6) is 2.42. The van der Waals surface area contributed by atoms with Crippen molar-refractivity contribution in [3.05, 3.63) is 11.7 Å². The summed E-state index contributed by atoms with van der Waals surface area (Å²) in [5.41, 5.74) is 0. The summed E-state index contributed by atoms with van der Waals surface area (Å²) < 4.78 is 5.25. The lowest BCUT2D eigenvalue weighted by molar-refractivity contribution is 0.363. The minimum Gasteiger partial charge on any atom is -0.339 e. The van der Waals surface area contributed by atoms with Gasteiger partial charge in [0.05, 0.1) is 5.75 Å². The van der Waals surface area contributed by atoms with E-state index in [9.17, 15) is 0 Å². The molecule has 0 bridgehead atoms. The van der Waals surface area contributed by atoms with Crippen LogP contribution in [-0.4, -0.2) is 28.0 Å². The second-order valence-corrected chi connectivity index (χ2v) is 6.42. The number of aromatic nitrogens is 2. The van der Waals surface area contributed by atoms with Crippen LogP contribution in [0.2, 0.25) is 0 Å². The third-order valence-corrected chi connectivity index (χ3v) is 3.68. The van der Waals surface area contributed by atoms with E-state index in [1.54, 1.807) is 0 Å². The highest BCUT2D eigenvalue weighted by Crippen LogP contribution is 2.15. The Kier molecular flexibility index (Phi) is 7.35. The molecule has 1 N–H and O–H groups in total. The number of hydrogen-bond acceptors (Lipinski definition) is 5. The van der Waals surface area contributed by atoms with E-state index in [1.807, 2.05) is 11.8 Å². The maximum absolute atomic E-state index is 5.25. The van der Waals surface area contributed by atoms with Gasteiger partial charge in [-0.1, -0.05) is 25.9 Å². The zero-order valence-corrected chi connectivity index (χ0v) is 12.7. The Morgan fingerprint density at radius 2 is 2.11 bits per heavy atom. The Morgan fingerprint density at radius 1 is 1.33 bits per heavy atom. The molecule has 1 heterocycles. The van der Waals surface area contributed by atoms with Crippen molar-refractivity contribution in [2.75, 3.05) is 6.54 Å². The summed E-state index contributed by atoms with van der Waals surface area (Å²) >= 11 is 1.84. The second-order valence-electron chi connectivity index (χ2n) is 4.86. The lowest BCUT2D eigenvalue weighted by Gasteiger charge is -2.10. The van der Waals surface area contributed by atoms with Crippen LogP contribution >= 0.6 is 11.8 Å². The molecule has 104 valence electrons. The van der Waals surface area contributed by atoms with Gasteiger partial charge in [-0.3, -0.25) is 0 Å². The molecule has 1 aromatic rings. The zero-order valence-electron chi connectivity index (χ0n) is 11.9. The van der Waals surface area contributed by atoms with Crippen molar-refractivity contribution in [2.45, 2.75) is 64.0 Å². The first-order valence-electron chi connectivity index (χ1n) is 6.78. The molecular formula is C13H25N3OS. The molecule has 1 atom stereocenters. The summed E-state index contributed by atoms with van der Waals surface area (Å²) in [5, 5.41) is 8.06. The van der Waals surface area contributed by atoms with Crippen LogP contribution in [-0.2, 0) is 12.2 Å². The Labute approximate surface area is 114 Å². The van der Waals surface area contributed by atoms with Crippen LogP contribution in [0.15, 0.2) is 4.52 Å². The van der Waals surface area contributed by atoms with E-state index in [4.69, 9.17) is 4.52 Å². The van der Waals surface area contributed by atoms with E-state index in [-0.39, 0.29) is 0 Å². The first kappa shape index (κ1) is 15.5. The summed E-state index contributed by atoms with van der Waals surface area (Å²) in [6.45, 7) is 9.79. The standard InChI is InChI=1S/C13H25N3OS/c1-5-8-14-11(4)6-7-13-15-12(16-17-13)9-18-10(2)3/h10-11,14H,5-9H2,1-4H3. The molecule has 0 spiro atoms. The molecule has 1 unspecified atom stereocenters. The maximum Gasteiger partial charge on any atom is 0.226 e. The highest BCUT2D eigenvalue weighted by molar-refractivity contribution is 7.99. The molecular weight excluding hydrogens is 246 g/mol. The average Bonchev–Trinajstić information content (AvgIpc) is 2.79. The van der Waals surface area contributed by atoms with Crippen LogP contribution in [0.25, 0.3) is 0 Å². The lowest BCUT2D eigenvalue weighted by Crippen LogP contribution is -2.27. The van der Waals surface area contributed by atoms with Gasteiger partial charge in [-0.25, -0.2) is 0 Å². The molecule has 0 saturated carbocycles. The van der Waals surface area contributed by atoms with Crippen LogP contribution in [0.4, 0.5) is 0 Å². The van der Waals surface area contributed by atoms with Crippen LogP contribution < -0.4 is 5.32 Å². The van der Waals surface area contributed by atoms with E-state index in [0.717, 1.165) is 36.9 Å². The van der Waals surface area contributed by atoms with Crippen LogP contribution in [0.3, 0.4) is 0 Å². The van der Waals surface area contributed by atoms with Crippen LogP contribution in [0.1, 0.15) is 52.3 Å². The van der Waals surface area contributed by atoms with E-state index < -0.39 is 0 Å². The molecule has 4 nitrogen and oxygen atoms in total. The molecule has 1 rings (SSSR count). The Balaban J connectivity index is 2.26. The third-order valence-electron chi connectivity index (χ3n) is 2.59. The lowest BCUT2D eigenvalue weighted by atomic mass is 10.2. The highest BCUT2D eigenvalue weighted by atomic mass is 32.2. The zero-order chi connectivity index (χ0) is 13.4. The largest absolute Gasteiger partial charge is 0.339 e. The van der Waals surface area contributed by atoms with Crippen molar-refractivity contribution in [3.63, 3.8) is 0 Å². The minimum absolute atomic E-state index is 0.505. The first-order chi connectivity index (χ1) is 8.61. The number of nitrogens with zero attached hydrogens (tertiary/aromatic N) is 2. The molecule has 0 aliphatic heterocycles. The average molecular weight is 271 g/mol. The smallest absolute Gasteiger partial charge is 0.226 e. The van der Waals surface area contributed by atoms with Gasteiger partial charge in [-0.05, 0) is 31.6 Å². The van der Waals surface area contributed by atoms with Gasteiger partial charge in [0.1, 0.15) is 0 Å². The van der Waals surface area contributed by atoms with Crippen molar-refractivity contribution < 1.29 is 4.52 Å². The van der Waals surface area contributed by atoms with Crippen molar-refractivity contribution >= 4 is 11.8 Å². The highest BCUT2D eigenvalue weighted by Gasteiger charge is 2.09. The van der Waals surface area contributed by atoms with Gasteiger partial charge in [-0.2, -0.15) is 16.7 Å². The van der Waals surface area contributed by atoms with Gasteiger partial charge in [-0.15, -0.1) is 0 Å². The fraction of sp³-hybridized carbons (Fsp3) is 0.846. The number of aryl methyl sites for hydroxylation is 1. The summed E-state index contributed by atoms with van der Waals surface area (Å²) in [4.78, 5) is 4.41. The SMILES string of the molecule is CCCNC(C)CCc1nc(CSC(C)C)no1. The fourth-order valence-electron chi connectivity index (χ4n) is 1.52. The van der Waals surface area contributed by atoms with E-state index in [1.165, 1.54) is 6.42 Å². The van der Waals surface area contributed by atoms with Gasteiger partial charge in [0.25, 0.3) is 0 Å². The number of hydrogen-bond donors (Lipinski definition) is 1. The minimum atomic E-state index is 0.505. The van der Waals surface area contributed by atoms with Crippen molar-refractivity contribution in [2.24, 2.45) is 0 Å². The monoisotopic (exact) mass is 271 g/mol. The number of thioether (sulfide) groups is 1. The Morgan fingerprint density at radius 3 is 2.78 bits per heavy atom. The van der Waals surface area contributed by atoms with Crippen molar-refractivity contribution in [1.29, 1.82) is 0 Å². The molecule has 0 fully saturated rings. The first-order valence-corrected chi connectivity index (χ1v) is 7.83. The predicted molar refractivity (Wildman–Crippen MR) is 76.8 cm³/mol. The molecule has 0 aliphatic rings. The second kappa shape index (κ2) is 8.53. The van der Waals surface area contributed by atoms with Gasteiger partial charge >= 0.3 is 0 Å². The summed E-state index contributed by atoms with van der Waals surface area (Å²) in [6, 6.07) is 0.505. The van der Waals surface area contributed by atoms with E-state index in [2.05, 4.69) is 43.2 Å². The molecule has 0 radical (unpaired) electrons. The normalized spacial score (nSPS) is 13.2. The van der Waals surface area contributed by atoms with Crippen molar-refractivity contribution in [1.82, 2.24) is 15.5 Å². The summed E-state index contributed by atoms with van der Waals surface area (Å²) in [6.07, 6.45) is 3.07. The van der Waals surface area contributed by atoms with Gasteiger partial charge in [0.2, 0.25) is 5.89 Å². The quantitative estimate of drug-likeness (QED) is 0.748. The molecule has 0 amide bonds. The topological polar surface area (TPSA) is 51.0 Å². The maximum atomic E-state index is 5.25. The van der Waals surface area contributed by atoms with Crippen molar-refractivity contribution in [3.8, 4) is 0 Å². The van der Waals surface area contributed by atoms with Crippen LogP contribution in [0.5, 0.6) is 0 Å². The molecule has 5 heteroatoms. The number of rotatable bonds is 9. The molecule has 0 aromatic carbocycles.